The Morgan fingerprint density at radius 2 is 1.63 bits per heavy atom. The van der Waals surface area contributed by atoms with E-state index in [4.69, 9.17) is 4.74 Å². The van der Waals surface area contributed by atoms with E-state index in [1.807, 2.05) is 49.0 Å². The van der Waals surface area contributed by atoms with Crippen LogP contribution in [-0.4, -0.2) is 46.1 Å². The molecule has 0 saturated carbocycles. The molecule has 35 heavy (non-hydrogen) atoms. The third-order valence-corrected chi connectivity index (χ3v) is 6.51. The van der Waals surface area contributed by atoms with E-state index in [2.05, 4.69) is 10.6 Å². The zero-order valence-electron chi connectivity index (χ0n) is 20.1. The van der Waals surface area contributed by atoms with Crippen LogP contribution in [0.1, 0.15) is 59.8 Å². The summed E-state index contributed by atoms with van der Waals surface area (Å²) in [6, 6.07) is 14.4. The van der Waals surface area contributed by atoms with Crippen molar-refractivity contribution in [3.63, 3.8) is 0 Å². The lowest BCUT2D eigenvalue weighted by Crippen LogP contribution is -2.42. The van der Waals surface area contributed by atoms with Crippen LogP contribution in [0.15, 0.2) is 60.1 Å². The standard InChI is InChI=1S/C26H30N4O4S/c1-26(2,3)34-25(33)29-14-11-20(12-15-29)30-13-5-9-21(30)23(31)27-18-7-4-8-19(17-18)28-24(32)22-10-6-16-35-22/h4-10,13,16-17,20H,11-12,14-15H2,1-3H3,(H,27,31)(H,28,32). The SMILES string of the molecule is CC(C)(C)OC(=O)N1CCC(n2cccc2C(=O)Nc2cccc(NC(=O)c3cccs3)c2)CC1. The van der Waals surface area contributed by atoms with Gasteiger partial charge in [0.25, 0.3) is 11.8 Å². The van der Waals surface area contributed by atoms with Gasteiger partial charge in [-0.05, 0) is 75.4 Å². The number of carbonyl (C=O) groups excluding carboxylic acids is 3. The summed E-state index contributed by atoms with van der Waals surface area (Å²) in [7, 11) is 0. The van der Waals surface area contributed by atoms with E-state index in [1.54, 1.807) is 41.3 Å². The number of carbonyl (C=O) groups is 3. The van der Waals surface area contributed by atoms with E-state index in [9.17, 15) is 14.4 Å². The molecule has 8 nitrogen and oxygen atoms in total. The van der Waals surface area contributed by atoms with Crippen molar-refractivity contribution in [2.75, 3.05) is 23.7 Å². The smallest absolute Gasteiger partial charge is 0.410 e. The number of likely N-dealkylation sites (tertiary alicyclic amines) is 1. The lowest BCUT2D eigenvalue weighted by molar-refractivity contribution is 0.0187. The highest BCUT2D eigenvalue weighted by molar-refractivity contribution is 7.12. The fraction of sp³-hybridized carbons (Fsp3) is 0.346. The van der Waals surface area contributed by atoms with Crippen molar-refractivity contribution in [2.24, 2.45) is 0 Å². The summed E-state index contributed by atoms with van der Waals surface area (Å²) >= 11 is 1.37. The van der Waals surface area contributed by atoms with Crippen LogP contribution in [0.2, 0.25) is 0 Å². The van der Waals surface area contributed by atoms with Crippen LogP contribution in [0.5, 0.6) is 0 Å². The number of thiophene rings is 1. The molecule has 1 fully saturated rings. The predicted octanol–water partition coefficient (Wildman–Crippen LogP) is 5.63. The number of hydrogen-bond acceptors (Lipinski definition) is 5. The van der Waals surface area contributed by atoms with E-state index in [-0.39, 0.29) is 23.9 Å². The van der Waals surface area contributed by atoms with E-state index in [1.165, 1.54) is 11.3 Å². The number of anilines is 2. The van der Waals surface area contributed by atoms with Gasteiger partial charge in [0, 0.05) is 36.7 Å². The summed E-state index contributed by atoms with van der Waals surface area (Å²) in [5.74, 6) is -0.415. The average molecular weight is 495 g/mol. The first kappa shape index (κ1) is 24.5. The lowest BCUT2D eigenvalue weighted by atomic mass is 10.0. The minimum atomic E-state index is -0.524. The first-order valence-electron chi connectivity index (χ1n) is 11.6. The molecule has 1 aliphatic heterocycles. The van der Waals surface area contributed by atoms with Gasteiger partial charge in [-0.15, -0.1) is 11.3 Å². The van der Waals surface area contributed by atoms with E-state index >= 15 is 0 Å². The van der Waals surface area contributed by atoms with Crippen LogP contribution in [-0.2, 0) is 4.74 Å². The van der Waals surface area contributed by atoms with Crippen LogP contribution in [0.3, 0.4) is 0 Å². The number of aromatic nitrogens is 1. The Hall–Kier alpha value is -3.59. The Labute approximate surface area is 208 Å². The molecule has 0 atom stereocenters. The first-order valence-corrected chi connectivity index (χ1v) is 12.5. The van der Waals surface area contributed by atoms with Gasteiger partial charge in [0.05, 0.1) is 4.88 Å². The minimum absolute atomic E-state index is 0.112. The molecule has 3 heterocycles. The Balaban J connectivity index is 1.37. The first-order chi connectivity index (χ1) is 16.7. The summed E-state index contributed by atoms with van der Waals surface area (Å²) in [6.07, 6.45) is 3.07. The summed E-state index contributed by atoms with van der Waals surface area (Å²) < 4.78 is 7.45. The zero-order valence-corrected chi connectivity index (χ0v) is 20.9. The number of benzene rings is 1. The molecular weight excluding hydrogens is 464 g/mol. The highest BCUT2D eigenvalue weighted by Crippen LogP contribution is 2.26. The number of rotatable bonds is 5. The van der Waals surface area contributed by atoms with E-state index in [0.29, 0.717) is 35.0 Å². The van der Waals surface area contributed by atoms with Crippen molar-refractivity contribution in [3.05, 3.63) is 70.7 Å². The fourth-order valence-electron chi connectivity index (χ4n) is 4.03. The monoisotopic (exact) mass is 494 g/mol. The molecule has 4 rings (SSSR count). The fourth-order valence-corrected chi connectivity index (χ4v) is 4.65. The highest BCUT2D eigenvalue weighted by Gasteiger charge is 2.28. The summed E-state index contributed by atoms with van der Waals surface area (Å²) in [4.78, 5) is 40.1. The van der Waals surface area contributed by atoms with Gasteiger partial charge in [-0.3, -0.25) is 9.59 Å². The Bertz CT molecular complexity index is 1190. The molecule has 2 aromatic heterocycles. The lowest BCUT2D eigenvalue weighted by Gasteiger charge is -2.34. The number of hydrogen-bond donors (Lipinski definition) is 2. The molecule has 0 spiro atoms. The number of amides is 3. The van der Waals surface area contributed by atoms with Gasteiger partial charge in [-0.2, -0.15) is 0 Å². The Morgan fingerprint density at radius 3 is 2.26 bits per heavy atom. The predicted molar refractivity (Wildman–Crippen MR) is 137 cm³/mol. The Kier molecular flexibility index (Phi) is 7.25. The second kappa shape index (κ2) is 10.4. The molecule has 9 heteroatoms. The van der Waals surface area contributed by atoms with Crippen LogP contribution in [0.25, 0.3) is 0 Å². The maximum Gasteiger partial charge on any atom is 0.410 e. The van der Waals surface area contributed by atoms with Crippen molar-refractivity contribution < 1.29 is 19.1 Å². The molecule has 3 aromatic rings. The van der Waals surface area contributed by atoms with E-state index in [0.717, 1.165) is 12.8 Å². The average Bonchev–Trinajstić information content (AvgIpc) is 3.51. The van der Waals surface area contributed by atoms with Crippen molar-refractivity contribution in [1.82, 2.24) is 9.47 Å². The van der Waals surface area contributed by atoms with Gasteiger partial charge in [-0.1, -0.05) is 12.1 Å². The number of nitrogens with one attached hydrogen (secondary N) is 2. The molecule has 2 N–H and O–H groups in total. The van der Waals surface area contributed by atoms with Gasteiger partial charge >= 0.3 is 6.09 Å². The van der Waals surface area contributed by atoms with E-state index < -0.39 is 5.60 Å². The van der Waals surface area contributed by atoms with Crippen LogP contribution in [0.4, 0.5) is 16.2 Å². The molecule has 0 radical (unpaired) electrons. The number of piperidine rings is 1. The van der Waals surface area contributed by atoms with Crippen LogP contribution in [0, 0.1) is 0 Å². The van der Waals surface area contributed by atoms with Gasteiger partial charge in [0.2, 0.25) is 0 Å². The maximum atomic E-state index is 13.1. The van der Waals surface area contributed by atoms with Crippen molar-refractivity contribution in [2.45, 2.75) is 45.3 Å². The second-order valence-corrected chi connectivity index (χ2v) is 10.4. The van der Waals surface area contributed by atoms with Crippen molar-refractivity contribution >= 4 is 40.6 Å². The van der Waals surface area contributed by atoms with Crippen molar-refractivity contribution in [1.29, 1.82) is 0 Å². The Morgan fingerprint density at radius 1 is 0.943 bits per heavy atom. The molecule has 0 aliphatic carbocycles. The molecule has 0 unspecified atom stereocenters. The second-order valence-electron chi connectivity index (χ2n) is 9.47. The summed E-state index contributed by atoms with van der Waals surface area (Å²) in [5, 5.41) is 7.64. The molecule has 1 aliphatic rings. The number of nitrogens with zero attached hydrogens (tertiary/aromatic N) is 2. The van der Waals surface area contributed by atoms with Crippen molar-refractivity contribution in [3.8, 4) is 0 Å². The molecule has 3 amide bonds. The molecule has 0 bridgehead atoms. The highest BCUT2D eigenvalue weighted by atomic mass is 32.1. The van der Waals surface area contributed by atoms with Gasteiger partial charge in [0.15, 0.2) is 0 Å². The third-order valence-electron chi connectivity index (χ3n) is 5.64. The number of ether oxygens (including phenoxy) is 1. The maximum absolute atomic E-state index is 13.1. The zero-order chi connectivity index (χ0) is 25.0. The topological polar surface area (TPSA) is 92.7 Å². The molecule has 184 valence electrons. The third kappa shape index (κ3) is 6.30. The van der Waals surface area contributed by atoms with Crippen LogP contribution >= 0.6 is 11.3 Å². The van der Waals surface area contributed by atoms with Gasteiger partial charge in [0.1, 0.15) is 11.3 Å². The van der Waals surface area contributed by atoms with Gasteiger partial charge < -0.3 is 24.8 Å². The normalized spacial score (nSPS) is 14.4. The summed E-state index contributed by atoms with van der Waals surface area (Å²) in [6.45, 7) is 6.72. The van der Waals surface area contributed by atoms with Gasteiger partial charge in [-0.25, -0.2) is 4.79 Å². The quantitative estimate of drug-likeness (QED) is 0.481. The molecular formula is C26H30N4O4S. The molecule has 1 aromatic carbocycles. The van der Waals surface area contributed by atoms with Crippen LogP contribution < -0.4 is 10.6 Å². The summed E-state index contributed by atoms with van der Waals surface area (Å²) in [5.41, 5.74) is 1.22. The minimum Gasteiger partial charge on any atom is -0.444 e. The molecule has 1 saturated heterocycles. The largest absolute Gasteiger partial charge is 0.444 e.